The van der Waals surface area contributed by atoms with Gasteiger partial charge in [0.05, 0.1) is 11.4 Å². The van der Waals surface area contributed by atoms with Crippen LogP contribution in [0.4, 0.5) is 0 Å². The number of nitrogens with zero attached hydrogens (tertiary/aromatic N) is 1. The molecular formula is C14H21NO3S. The quantitative estimate of drug-likeness (QED) is 0.885. The van der Waals surface area contributed by atoms with Crippen LogP contribution in [-0.2, 0) is 16.4 Å². The van der Waals surface area contributed by atoms with Crippen molar-refractivity contribution >= 4 is 10.0 Å². The fraction of sp³-hybridized carbons (Fsp3) is 0.571. The lowest BCUT2D eigenvalue weighted by atomic mass is 9.85. The molecule has 5 heteroatoms. The highest BCUT2D eigenvalue weighted by Crippen LogP contribution is 2.30. The van der Waals surface area contributed by atoms with Gasteiger partial charge >= 0.3 is 0 Å². The molecular weight excluding hydrogens is 262 g/mol. The lowest BCUT2D eigenvalue weighted by Gasteiger charge is -2.48. The second-order valence-electron chi connectivity index (χ2n) is 5.58. The van der Waals surface area contributed by atoms with Gasteiger partial charge in [0.1, 0.15) is 0 Å². The highest BCUT2D eigenvalue weighted by atomic mass is 32.2. The van der Waals surface area contributed by atoms with Crippen LogP contribution in [0.2, 0.25) is 0 Å². The molecule has 1 aliphatic heterocycles. The Hall–Kier alpha value is -0.910. The number of benzene rings is 1. The highest BCUT2D eigenvalue weighted by molar-refractivity contribution is 7.89. The zero-order valence-electron chi connectivity index (χ0n) is 11.4. The first-order valence-electron chi connectivity index (χ1n) is 6.58. The molecule has 0 bridgehead atoms. The summed E-state index contributed by atoms with van der Waals surface area (Å²) >= 11 is 0. The van der Waals surface area contributed by atoms with E-state index in [0.29, 0.717) is 6.42 Å². The van der Waals surface area contributed by atoms with Crippen LogP contribution in [0.25, 0.3) is 0 Å². The van der Waals surface area contributed by atoms with E-state index in [2.05, 4.69) is 0 Å². The topological polar surface area (TPSA) is 57.6 Å². The van der Waals surface area contributed by atoms with Gasteiger partial charge in [-0.1, -0.05) is 44.2 Å². The van der Waals surface area contributed by atoms with Gasteiger partial charge in [-0.2, -0.15) is 4.31 Å². The predicted molar refractivity (Wildman–Crippen MR) is 75.3 cm³/mol. The van der Waals surface area contributed by atoms with E-state index < -0.39 is 15.6 Å². The van der Waals surface area contributed by atoms with Crippen LogP contribution in [0.5, 0.6) is 0 Å². The van der Waals surface area contributed by atoms with E-state index in [-0.39, 0.29) is 24.8 Å². The van der Waals surface area contributed by atoms with Gasteiger partial charge in [-0.15, -0.1) is 0 Å². The molecule has 1 N–H and O–H groups in total. The molecule has 1 heterocycles. The Morgan fingerprint density at radius 2 is 1.84 bits per heavy atom. The van der Waals surface area contributed by atoms with Gasteiger partial charge in [0, 0.05) is 13.1 Å². The van der Waals surface area contributed by atoms with E-state index >= 15 is 0 Å². The molecule has 106 valence electrons. The summed E-state index contributed by atoms with van der Waals surface area (Å²) in [7, 11) is -3.25. The summed E-state index contributed by atoms with van der Waals surface area (Å²) in [4.78, 5) is 0. The number of aliphatic hydroxyl groups is 1. The monoisotopic (exact) mass is 283 g/mol. The lowest BCUT2D eigenvalue weighted by molar-refractivity contribution is -0.0932. The van der Waals surface area contributed by atoms with Crippen molar-refractivity contribution < 1.29 is 13.5 Å². The Kier molecular flexibility index (Phi) is 3.99. The molecule has 0 atom stereocenters. The molecule has 0 aromatic heterocycles. The number of rotatable bonds is 5. The first-order chi connectivity index (χ1) is 8.83. The first kappa shape index (κ1) is 14.5. The number of aryl methyl sites for hydroxylation is 1. The standard InChI is InChI=1S/C14H21NO3S/c1-12(2)14(16)10-15(11-14)19(17,18)9-8-13-6-4-3-5-7-13/h3-7,12,16H,8-11H2,1-2H3. The van der Waals surface area contributed by atoms with Crippen LogP contribution >= 0.6 is 0 Å². The summed E-state index contributed by atoms with van der Waals surface area (Å²) in [5, 5.41) is 10.1. The SMILES string of the molecule is CC(C)C1(O)CN(S(=O)(=O)CCc2ccccc2)C1. The predicted octanol–water partition coefficient (Wildman–Crippen LogP) is 1.26. The molecule has 0 radical (unpaired) electrons. The second-order valence-corrected chi connectivity index (χ2v) is 7.67. The second kappa shape index (κ2) is 5.23. The van der Waals surface area contributed by atoms with Crippen molar-refractivity contribution in [3.63, 3.8) is 0 Å². The Morgan fingerprint density at radius 3 is 2.37 bits per heavy atom. The van der Waals surface area contributed by atoms with E-state index in [1.54, 1.807) is 0 Å². The molecule has 1 aliphatic rings. The molecule has 19 heavy (non-hydrogen) atoms. The Labute approximate surface area is 115 Å². The molecule has 1 aromatic rings. The van der Waals surface area contributed by atoms with E-state index in [1.807, 2.05) is 44.2 Å². The molecule has 1 aromatic carbocycles. The van der Waals surface area contributed by atoms with Gasteiger partial charge in [0.2, 0.25) is 10.0 Å². The van der Waals surface area contributed by atoms with E-state index in [4.69, 9.17) is 0 Å². The maximum absolute atomic E-state index is 12.1. The smallest absolute Gasteiger partial charge is 0.214 e. The number of β-amino-alcohol motifs (C(OH)–C–C–N with tert-alkyl or cyclic N) is 1. The van der Waals surface area contributed by atoms with Crippen LogP contribution in [0.3, 0.4) is 0 Å². The largest absolute Gasteiger partial charge is 0.387 e. The van der Waals surface area contributed by atoms with Gasteiger partial charge in [-0.25, -0.2) is 8.42 Å². The molecule has 1 fully saturated rings. The van der Waals surface area contributed by atoms with Crippen LogP contribution in [0.1, 0.15) is 19.4 Å². The minimum atomic E-state index is -3.25. The summed E-state index contributed by atoms with van der Waals surface area (Å²) in [6, 6.07) is 9.58. The molecule has 0 unspecified atom stereocenters. The van der Waals surface area contributed by atoms with E-state index in [9.17, 15) is 13.5 Å². The zero-order chi connectivity index (χ0) is 14.1. The fourth-order valence-corrected chi connectivity index (χ4v) is 3.74. The number of hydrogen-bond donors (Lipinski definition) is 1. The Bertz CT molecular complexity index is 519. The minimum Gasteiger partial charge on any atom is -0.387 e. The third-order valence-electron chi connectivity index (χ3n) is 3.86. The van der Waals surface area contributed by atoms with Gasteiger partial charge in [-0.3, -0.25) is 0 Å². The van der Waals surface area contributed by atoms with Crippen molar-refractivity contribution in [1.82, 2.24) is 4.31 Å². The van der Waals surface area contributed by atoms with Gasteiger partial charge in [-0.05, 0) is 17.9 Å². The third kappa shape index (κ3) is 3.16. The molecule has 0 saturated carbocycles. The maximum atomic E-state index is 12.1. The van der Waals surface area contributed by atoms with Crippen LogP contribution < -0.4 is 0 Å². The van der Waals surface area contributed by atoms with Gasteiger partial charge in [0.25, 0.3) is 0 Å². The Morgan fingerprint density at radius 1 is 1.26 bits per heavy atom. The highest BCUT2D eigenvalue weighted by Gasteiger charge is 2.48. The van der Waals surface area contributed by atoms with Crippen molar-refractivity contribution in [3.8, 4) is 0 Å². The molecule has 1 saturated heterocycles. The van der Waals surface area contributed by atoms with Crippen LogP contribution in [0, 0.1) is 5.92 Å². The molecule has 2 rings (SSSR count). The average Bonchev–Trinajstić information content (AvgIpc) is 2.33. The number of sulfonamides is 1. The van der Waals surface area contributed by atoms with Crippen molar-refractivity contribution in [1.29, 1.82) is 0 Å². The summed E-state index contributed by atoms with van der Waals surface area (Å²) in [5.74, 6) is 0.179. The summed E-state index contributed by atoms with van der Waals surface area (Å²) in [5.41, 5.74) is 0.172. The lowest BCUT2D eigenvalue weighted by Crippen LogP contribution is -2.66. The number of hydrogen-bond acceptors (Lipinski definition) is 3. The van der Waals surface area contributed by atoms with Crippen molar-refractivity contribution in [2.75, 3.05) is 18.8 Å². The van der Waals surface area contributed by atoms with Crippen LogP contribution in [-0.4, -0.2) is 42.3 Å². The maximum Gasteiger partial charge on any atom is 0.214 e. The summed E-state index contributed by atoms with van der Waals surface area (Å²) < 4.78 is 25.6. The molecule has 4 nitrogen and oxygen atoms in total. The Balaban J connectivity index is 1.91. The van der Waals surface area contributed by atoms with Crippen molar-refractivity contribution in [3.05, 3.63) is 35.9 Å². The summed E-state index contributed by atoms with van der Waals surface area (Å²) in [6.45, 7) is 4.27. The molecule has 0 spiro atoms. The first-order valence-corrected chi connectivity index (χ1v) is 8.18. The third-order valence-corrected chi connectivity index (χ3v) is 5.62. The van der Waals surface area contributed by atoms with Crippen molar-refractivity contribution in [2.45, 2.75) is 25.9 Å². The average molecular weight is 283 g/mol. The van der Waals surface area contributed by atoms with E-state index in [1.165, 1.54) is 4.31 Å². The molecule has 0 aliphatic carbocycles. The van der Waals surface area contributed by atoms with Crippen molar-refractivity contribution in [2.24, 2.45) is 5.92 Å². The van der Waals surface area contributed by atoms with Crippen LogP contribution in [0.15, 0.2) is 30.3 Å². The van der Waals surface area contributed by atoms with Gasteiger partial charge in [0.15, 0.2) is 0 Å². The zero-order valence-corrected chi connectivity index (χ0v) is 12.2. The molecule has 0 amide bonds. The normalized spacial score (nSPS) is 19.4. The fourth-order valence-electron chi connectivity index (χ4n) is 2.15. The minimum absolute atomic E-state index is 0.0769. The van der Waals surface area contributed by atoms with Gasteiger partial charge < -0.3 is 5.11 Å². The summed E-state index contributed by atoms with van der Waals surface area (Å²) in [6.07, 6.45) is 0.514. The van der Waals surface area contributed by atoms with E-state index in [0.717, 1.165) is 5.56 Å².